The van der Waals surface area contributed by atoms with E-state index in [0.717, 1.165) is 9.37 Å². The van der Waals surface area contributed by atoms with Gasteiger partial charge in [-0.2, -0.15) is 0 Å². The highest BCUT2D eigenvalue weighted by Gasteiger charge is 2.09. The molecule has 0 bridgehead atoms. The molecule has 0 N–H and O–H groups in total. The Hall–Kier alpha value is -0.840. The number of halogens is 3. The first kappa shape index (κ1) is 15.5. The fraction of sp³-hybridized carbons (Fsp3) is 0.133. The molecule has 0 aliphatic carbocycles. The molecule has 20 heavy (non-hydrogen) atoms. The van der Waals surface area contributed by atoms with Gasteiger partial charge in [0.15, 0.2) is 0 Å². The van der Waals surface area contributed by atoms with Gasteiger partial charge < -0.3 is 0 Å². The molecule has 0 amide bonds. The Morgan fingerprint density at radius 1 is 1.25 bits per heavy atom. The van der Waals surface area contributed by atoms with Crippen LogP contribution in [0.5, 0.6) is 0 Å². The fourth-order valence-electron chi connectivity index (χ4n) is 1.65. The lowest BCUT2D eigenvalue weighted by atomic mass is 10.1. The van der Waals surface area contributed by atoms with E-state index in [-0.39, 0.29) is 12.2 Å². The monoisotopic (exact) mass is 372 g/mol. The van der Waals surface area contributed by atoms with Crippen molar-refractivity contribution in [3.05, 3.63) is 63.3 Å². The molecule has 0 radical (unpaired) electrons. The maximum absolute atomic E-state index is 12.9. The van der Waals surface area contributed by atoms with E-state index in [2.05, 4.69) is 15.9 Å². The van der Waals surface area contributed by atoms with Crippen molar-refractivity contribution in [2.45, 2.75) is 11.3 Å². The number of hydrogen-bond donors (Lipinski definition) is 0. The van der Waals surface area contributed by atoms with Crippen molar-refractivity contribution in [1.29, 1.82) is 0 Å². The minimum absolute atomic E-state index is 0.0588. The number of ketones is 1. The quantitative estimate of drug-likeness (QED) is 0.675. The van der Waals surface area contributed by atoms with E-state index in [1.807, 2.05) is 24.3 Å². The molecule has 0 fully saturated rings. The van der Waals surface area contributed by atoms with Gasteiger partial charge in [0.2, 0.25) is 0 Å². The number of rotatable bonds is 5. The summed E-state index contributed by atoms with van der Waals surface area (Å²) in [7, 11) is 0. The number of carbonyl (C=O) groups excluding carboxylic acids is 1. The summed E-state index contributed by atoms with van der Waals surface area (Å²) in [5.41, 5.74) is 0.660. The smallest absolute Gasteiger partial charge is 0.147 e. The van der Waals surface area contributed by atoms with Gasteiger partial charge in [0.05, 0.1) is 5.75 Å². The largest absolute Gasteiger partial charge is 0.298 e. The summed E-state index contributed by atoms with van der Waals surface area (Å²) in [6.45, 7) is 0. The Labute approximate surface area is 134 Å². The molecule has 1 nitrogen and oxygen atoms in total. The van der Waals surface area contributed by atoms with Gasteiger partial charge in [-0.05, 0) is 35.9 Å². The molecule has 0 atom stereocenters. The van der Waals surface area contributed by atoms with Crippen LogP contribution in [-0.2, 0) is 11.2 Å². The number of carbonyl (C=O) groups is 1. The van der Waals surface area contributed by atoms with Gasteiger partial charge in [0.25, 0.3) is 0 Å². The Morgan fingerprint density at radius 2 is 2.05 bits per heavy atom. The summed E-state index contributed by atoms with van der Waals surface area (Å²) in [5.74, 6) is 0.0302. The molecule has 0 saturated carbocycles. The zero-order valence-corrected chi connectivity index (χ0v) is 13.6. The van der Waals surface area contributed by atoms with Crippen LogP contribution in [0.2, 0.25) is 5.02 Å². The predicted octanol–water partition coefficient (Wildman–Crippen LogP) is 5.15. The molecule has 0 saturated heterocycles. The highest BCUT2D eigenvalue weighted by Crippen LogP contribution is 2.23. The summed E-state index contributed by atoms with van der Waals surface area (Å²) >= 11 is 10.8. The summed E-state index contributed by atoms with van der Waals surface area (Å²) in [6, 6.07) is 11.9. The fourth-order valence-corrected chi connectivity index (χ4v) is 3.25. The van der Waals surface area contributed by atoms with Crippen LogP contribution in [0.1, 0.15) is 5.56 Å². The van der Waals surface area contributed by atoms with Crippen molar-refractivity contribution in [1.82, 2.24) is 0 Å². The lowest BCUT2D eigenvalue weighted by Gasteiger charge is -2.04. The van der Waals surface area contributed by atoms with Crippen molar-refractivity contribution < 1.29 is 9.18 Å². The second-order valence-electron chi connectivity index (χ2n) is 4.20. The van der Waals surface area contributed by atoms with Crippen LogP contribution in [-0.4, -0.2) is 11.5 Å². The SMILES string of the molecule is O=C(CSc1cccc(Br)c1)Cc1ccc(F)cc1Cl. The van der Waals surface area contributed by atoms with Gasteiger partial charge in [-0.15, -0.1) is 11.8 Å². The van der Waals surface area contributed by atoms with E-state index in [0.29, 0.717) is 16.3 Å². The molecule has 0 aliphatic heterocycles. The molecule has 0 aromatic heterocycles. The summed E-state index contributed by atoms with van der Waals surface area (Å²) in [4.78, 5) is 12.9. The molecule has 0 heterocycles. The van der Waals surface area contributed by atoms with Crippen molar-refractivity contribution >= 4 is 45.1 Å². The molecule has 0 spiro atoms. The molecule has 2 aromatic rings. The highest BCUT2D eigenvalue weighted by atomic mass is 79.9. The van der Waals surface area contributed by atoms with E-state index < -0.39 is 5.82 Å². The molecule has 0 unspecified atom stereocenters. The normalized spacial score (nSPS) is 10.6. The van der Waals surface area contributed by atoms with Crippen molar-refractivity contribution in [3.63, 3.8) is 0 Å². The topological polar surface area (TPSA) is 17.1 Å². The lowest BCUT2D eigenvalue weighted by Crippen LogP contribution is -2.06. The zero-order chi connectivity index (χ0) is 14.5. The first-order valence-corrected chi connectivity index (χ1v) is 8.04. The van der Waals surface area contributed by atoms with Crippen LogP contribution >= 0.6 is 39.3 Å². The van der Waals surface area contributed by atoms with Crippen molar-refractivity contribution in [2.75, 3.05) is 5.75 Å². The van der Waals surface area contributed by atoms with Gasteiger partial charge in [-0.1, -0.05) is 39.7 Å². The minimum Gasteiger partial charge on any atom is -0.298 e. The summed E-state index contributed by atoms with van der Waals surface area (Å²) < 4.78 is 13.9. The third-order valence-electron chi connectivity index (χ3n) is 2.60. The standard InChI is InChI=1S/C15H11BrClFOS/c16-11-2-1-3-14(7-11)20-9-13(19)6-10-4-5-12(18)8-15(10)17/h1-5,7-8H,6,9H2. The molecule has 5 heteroatoms. The molecule has 2 aromatic carbocycles. The van der Waals surface area contributed by atoms with Crippen LogP contribution < -0.4 is 0 Å². The molecular weight excluding hydrogens is 363 g/mol. The second kappa shape index (κ2) is 7.25. The highest BCUT2D eigenvalue weighted by molar-refractivity contribution is 9.10. The molecule has 104 valence electrons. The summed E-state index contributed by atoms with van der Waals surface area (Å²) in [5, 5.41) is 0.297. The molecular formula is C15H11BrClFOS. The van der Waals surface area contributed by atoms with Gasteiger partial charge in [-0.3, -0.25) is 4.79 Å². The lowest BCUT2D eigenvalue weighted by molar-refractivity contribution is -0.116. The summed E-state index contributed by atoms with van der Waals surface area (Å²) in [6.07, 6.45) is 0.222. The van der Waals surface area contributed by atoms with Crippen LogP contribution in [0.4, 0.5) is 4.39 Å². The van der Waals surface area contributed by atoms with E-state index in [4.69, 9.17) is 11.6 Å². The first-order chi connectivity index (χ1) is 9.54. The number of hydrogen-bond acceptors (Lipinski definition) is 2. The van der Waals surface area contributed by atoms with Crippen molar-refractivity contribution in [3.8, 4) is 0 Å². The van der Waals surface area contributed by atoms with E-state index >= 15 is 0 Å². The first-order valence-electron chi connectivity index (χ1n) is 5.88. The van der Waals surface area contributed by atoms with Crippen LogP contribution in [0.25, 0.3) is 0 Å². The van der Waals surface area contributed by atoms with E-state index in [1.165, 1.54) is 23.9 Å². The average molecular weight is 374 g/mol. The van der Waals surface area contributed by atoms with Crippen LogP contribution in [0.3, 0.4) is 0 Å². The number of benzene rings is 2. The Bertz CT molecular complexity index is 633. The average Bonchev–Trinajstić information content (AvgIpc) is 2.40. The van der Waals surface area contributed by atoms with Crippen molar-refractivity contribution in [2.24, 2.45) is 0 Å². The van der Waals surface area contributed by atoms with Gasteiger partial charge >= 0.3 is 0 Å². The number of thioether (sulfide) groups is 1. The maximum Gasteiger partial charge on any atom is 0.147 e. The molecule has 2 rings (SSSR count). The number of Topliss-reactive ketones (excluding diaryl/α,β-unsaturated/α-hetero) is 1. The van der Waals surface area contributed by atoms with Gasteiger partial charge in [0.1, 0.15) is 11.6 Å². The van der Waals surface area contributed by atoms with Crippen LogP contribution in [0, 0.1) is 5.82 Å². The third-order valence-corrected chi connectivity index (χ3v) is 4.50. The Balaban J connectivity index is 1.92. The van der Waals surface area contributed by atoms with E-state index in [9.17, 15) is 9.18 Å². The third kappa shape index (κ3) is 4.62. The predicted molar refractivity (Wildman–Crippen MR) is 85.0 cm³/mol. The minimum atomic E-state index is -0.394. The zero-order valence-electron chi connectivity index (χ0n) is 10.4. The van der Waals surface area contributed by atoms with Gasteiger partial charge in [0, 0.05) is 20.8 Å². The van der Waals surface area contributed by atoms with Crippen LogP contribution in [0.15, 0.2) is 51.8 Å². The molecule has 0 aliphatic rings. The van der Waals surface area contributed by atoms with E-state index in [1.54, 1.807) is 6.07 Å². The Morgan fingerprint density at radius 3 is 2.75 bits per heavy atom. The maximum atomic E-state index is 12.9. The second-order valence-corrected chi connectivity index (χ2v) is 6.57. The Kier molecular flexibility index (Phi) is 5.64. The van der Waals surface area contributed by atoms with Gasteiger partial charge in [-0.25, -0.2) is 4.39 Å².